The molecule has 12 heteroatoms. The van der Waals surface area contributed by atoms with Gasteiger partial charge in [-0.1, -0.05) is 6.08 Å². The Labute approximate surface area is 215 Å². The highest BCUT2D eigenvalue weighted by atomic mass is 32.2. The van der Waals surface area contributed by atoms with Gasteiger partial charge in [0.15, 0.2) is 0 Å². The van der Waals surface area contributed by atoms with Crippen LogP contribution in [0.3, 0.4) is 0 Å². The third-order valence-electron chi connectivity index (χ3n) is 7.18. The molecule has 1 saturated heterocycles. The number of piperazine rings is 1. The van der Waals surface area contributed by atoms with Crippen LogP contribution in [0.1, 0.15) is 50.3 Å². The van der Waals surface area contributed by atoms with E-state index in [1.165, 1.54) is 29.5 Å². The zero-order valence-electron chi connectivity index (χ0n) is 20.8. The van der Waals surface area contributed by atoms with Crippen molar-refractivity contribution >= 4 is 34.1 Å². The van der Waals surface area contributed by atoms with Crippen molar-refractivity contribution in [3.05, 3.63) is 33.8 Å². The fourth-order valence-electron chi connectivity index (χ4n) is 5.71. The standard InChI is InChI=1S/C25H29F5N4O2S/c1-13-9-33(10-14(2)31-13)22-17-8-18(25(28,29)30)19(15-4-6-24(26,27)7-5-15)21-20(17)34(23(35)32-22)16(11-36-3)12-37-21/h4,8,13-14,16,31H,5-7,9-12H2,1-3H3/t13-,14+,16-/m0/s1. The van der Waals surface area contributed by atoms with Crippen LogP contribution in [0.5, 0.6) is 0 Å². The van der Waals surface area contributed by atoms with E-state index >= 15 is 0 Å². The fraction of sp³-hybridized carbons (Fsp3) is 0.600. The van der Waals surface area contributed by atoms with Gasteiger partial charge in [0.25, 0.3) is 5.92 Å². The maximum atomic E-state index is 14.6. The topological polar surface area (TPSA) is 59.4 Å². The van der Waals surface area contributed by atoms with Crippen LogP contribution in [0.2, 0.25) is 0 Å². The molecule has 0 radical (unpaired) electrons. The van der Waals surface area contributed by atoms with Gasteiger partial charge in [0, 0.05) is 66.7 Å². The number of ether oxygens (including phenoxy) is 1. The molecule has 3 aliphatic rings. The lowest BCUT2D eigenvalue weighted by molar-refractivity contribution is -0.137. The van der Waals surface area contributed by atoms with Crippen molar-refractivity contribution in [2.24, 2.45) is 0 Å². The highest BCUT2D eigenvalue weighted by molar-refractivity contribution is 7.99. The van der Waals surface area contributed by atoms with Gasteiger partial charge in [0.2, 0.25) is 0 Å². The summed E-state index contributed by atoms with van der Waals surface area (Å²) >= 11 is 1.22. The highest BCUT2D eigenvalue weighted by Gasteiger charge is 2.41. The molecule has 1 aromatic carbocycles. The van der Waals surface area contributed by atoms with Crippen molar-refractivity contribution in [1.82, 2.24) is 14.9 Å². The van der Waals surface area contributed by atoms with Gasteiger partial charge >= 0.3 is 11.9 Å². The molecule has 1 aromatic heterocycles. The molecule has 0 unspecified atom stereocenters. The Balaban J connectivity index is 1.84. The highest BCUT2D eigenvalue weighted by Crippen LogP contribution is 2.50. The Bertz CT molecular complexity index is 1300. The summed E-state index contributed by atoms with van der Waals surface area (Å²) < 4.78 is 78.3. The summed E-state index contributed by atoms with van der Waals surface area (Å²) in [4.78, 5) is 19.9. The number of aromatic nitrogens is 2. The Morgan fingerprint density at radius 2 is 1.95 bits per heavy atom. The lowest BCUT2D eigenvalue weighted by atomic mass is 9.87. The number of halogens is 5. The van der Waals surface area contributed by atoms with E-state index in [4.69, 9.17) is 4.74 Å². The number of nitrogens with one attached hydrogen (secondary N) is 1. The predicted molar refractivity (Wildman–Crippen MR) is 134 cm³/mol. The summed E-state index contributed by atoms with van der Waals surface area (Å²) in [7, 11) is 1.50. The van der Waals surface area contributed by atoms with E-state index < -0.39 is 42.2 Å². The number of anilines is 1. The molecule has 1 aliphatic carbocycles. The van der Waals surface area contributed by atoms with E-state index in [9.17, 15) is 26.7 Å². The minimum atomic E-state index is -4.73. The van der Waals surface area contributed by atoms with Crippen molar-refractivity contribution in [3.8, 4) is 0 Å². The Morgan fingerprint density at radius 3 is 2.54 bits per heavy atom. The van der Waals surface area contributed by atoms with Crippen LogP contribution in [0.25, 0.3) is 16.5 Å². The van der Waals surface area contributed by atoms with Crippen LogP contribution in [0.15, 0.2) is 21.8 Å². The monoisotopic (exact) mass is 544 g/mol. The van der Waals surface area contributed by atoms with Crippen LogP contribution in [-0.4, -0.2) is 60.1 Å². The smallest absolute Gasteiger partial charge is 0.383 e. The average molecular weight is 545 g/mol. The lowest BCUT2D eigenvalue weighted by Crippen LogP contribution is -2.55. The van der Waals surface area contributed by atoms with E-state index in [1.807, 2.05) is 18.7 Å². The van der Waals surface area contributed by atoms with Crippen molar-refractivity contribution in [1.29, 1.82) is 0 Å². The predicted octanol–water partition coefficient (Wildman–Crippen LogP) is 5.10. The number of allylic oxidation sites excluding steroid dienone is 2. The molecule has 1 fully saturated rings. The Kier molecular flexibility index (Phi) is 6.81. The number of rotatable bonds is 4. The first-order valence-electron chi connectivity index (χ1n) is 12.3. The second-order valence-corrected chi connectivity index (χ2v) is 11.2. The molecule has 0 amide bonds. The fourth-order valence-corrected chi connectivity index (χ4v) is 7.05. The summed E-state index contributed by atoms with van der Waals surface area (Å²) in [5.41, 5.74) is -0.917. The third kappa shape index (κ3) is 4.87. The lowest BCUT2D eigenvalue weighted by Gasteiger charge is -2.38. The molecule has 5 rings (SSSR count). The summed E-state index contributed by atoms with van der Waals surface area (Å²) in [5, 5.41) is 3.62. The van der Waals surface area contributed by atoms with Gasteiger partial charge < -0.3 is 15.0 Å². The maximum absolute atomic E-state index is 14.6. The molecular formula is C25H29F5N4O2S. The normalized spacial score (nSPS) is 25.9. The number of thioether (sulfide) groups is 1. The zero-order chi connectivity index (χ0) is 26.7. The first-order valence-corrected chi connectivity index (χ1v) is 13.3. The number of alkyl halides is 5. The van der Waals surface area contributed by atoms with Gasteiger partial charge in [-0.15, -0.1) is 11.8 Å². The molecule has 202 valence electrons. The first-order chi connectivity index (χ1) is 17.4. The van der Waals surface area contributed by atoms with Crippen LogP contribution < -0.4 is 15.9 Å². The van der Waals surface area contributed by atoms with Crippen LogP contribution in [0, 0.1) is 0 Å². The molecule has 0 saturated carbocycles. The number of methoxy groups -OCH3 is 1. The number of hydrogen-bond acceptors (Lipinski definition) is 6. The van der Waals surface area contributed by atoms with E-state index in [1.54, 1.807) is 0 Å². The molecule has 37 heavy (non-hydrogen) atoms. The minimum Gasteiger partial charge on any atom is -0.383 e. The summed E-state index contributed by atoms with van der Waals surface area (Å²) in [6.07, 6.45) is -4.81. The van der Waals surface area contributed by atoms with E-state index in [-0.39, 0.29) is 47.5 Å². The number of nitrogens with zero attached hydrogens (tertiary/aromatic N) is 3. The van der Waals surface area contributed by atoms with Gasteiger partial charge in [-0.05, 0) is 31.9 Å². The molecule has 0 spiro atoms. The van der Waals surface area contributed by atoms with Crippen LogP contribution in [-0.2, 0) is 10.9 Å². The molecule has 2 aliphatic heterocycles. The molecule has 1 N–H and O–H groups in total. The largest absolute Gasteiger partial charge is 0.417 e. The summed E-state index contributed by atoms with van der Waals surface area (Å²) in [5.74, 6) is -2.42. The summed E-state index contributed by atoms with van der Waals surface area (Å²) in [6.45, 7) is 5.08. The number of hydrogen-bond donors (Lipinski definition) is 1. The SMILES string of the molecule is COC[C@H]1CSc2c(C3=CCC(F)(F)CC3)c(C(F)(F)F)cc3c(N4C[C@@H](C)N[C@@H](C)C4)nc(=O)n1c23. The molecule has 0 bridgehead atoms. The van der Waals surface area contributed by atoms with E-state index in [0.29, 0.717) is 29.3 Å². The summed E-state index contributed by atoms with van der Waals surface area (Å²) in [6, 6.07) is 0.727. The zero-order valence-corrected chi connectivity index (χ0v) is 21.6. The maximum Gasteiger partial charge on any atom is 0.417 e. The van der Waals surface area contributed by atoms with Gasteiger partial charge in [0.05, 0.1) is 23.7 Å². The van der Waals surface area contributed by atoms with Crippen molar-refractivity contribution < 1.29 is 26.7 Å². The van der Waals surface area contributed by atoms with E-state index in [2.05, 4.69) is 10.3 Å². The van der Waals surface area contributed by atoms with Crippen LogP contribution in [0.4, 0.5) is 27.8 Å². The first kappa shape index (κ1) is 26.4. The molecule has 6 nitrogen and oxygen atoms in total. The van der Waals surface area contributed by atoms with Gasteiger partial charge in [-0.2, -0.15) is 18.2 Å². The quantitative estimate of drug-likeness (QED) is 0.541. The third-order valence-corrected chi connectivity index (χ3v) is 8.42. The Hall–Kier alpha value is -2.18. The molecule has 2 aromatic rings. The molecule has 3 atom stereocenters. The van der Waals surface area contributed by atoms with Gasteiger partial charge in [0.1, 0.15) is 5.82 Å². The molecular weight excluding hydrogens is 515 g/mol. The second-order valence-electron chi connectivity index (χ2n) is 10.2. The molecule has 3 heterocycles. The number of benzene rings is 1. The van der Waals surface area contributed by atoms with E-state index in [0.717, 1.165) is 6.07 Å². The van der Waals surface area contributed by atoms with Crippen molar-refractivity contribution in [2.75, 3.05) is 37.5 Å². The van der Waals surface area contributed by atoms with Crippen molar-refractivity contribution in [2.45, 2.75) is 68.2 Å². The van der Waals surface area contributed by atoms with Crippen LogP contribution >= 0.6 is 11.8 Å². The van der Waals surface area contributed by atoms with Gasteiger partial charge in [-0.3, -0.25) is 4.57 Å². The Morgan fingerprint density at radius 1 is 1.24 bits per heavy atom. The van der Waals surface area contributed by atoms with Gasteiger partial charge in [-0.25, -0.2) is 13.6 Å². The minimum absolute atomic E-state index is 0.0430. The second kappa shape index (κ2) is 9.53. The van der Waals surface area contributed by atoms with Crippen molar-refractivity contribution in [3.63, 3.8) is 0 Å². The average Bonchev–Trinajstić information content (AvgIpc) is 2.80.